The number of fused-ring (bicyclic) bond motifs is 1. The van der Waals surface area contributed by atoms with Gasteiger partial charge < -0.3 is 10.1 Å². The Kier molecular flexibility index (Phi) is 7.06. The number of halogens is 2. The normalized spacial score (nSPS) is 12.2. The molecule has 1 amide bonds. The standard InChI is InChI=1S/C24H23F2N5O2S/c1-14-11-15(2)31-23(27-14)29-24(30-31)34-13-18-7-4-5-10-20(18)21(32)28-16(3)17-8-6-9-19(12-17)33-22(25)26/h4-12,16,22H,13H2,1-3H3,(H,28,32). The van der Waals surface area contributed by atoms with Crippen molar-refractivity contribution in [3.63, 3.8) is 0 Å². The van der Waals surface area contributed by atoms with E-state index in [1.54, 1.807) is 35.7 Å². The minimum atomic E-state index is -2.91. The van der Waals surface area contributed by atoms with E-state index in [-0.39, 0.29) is 11.7 Å². The molecule has 0 aliphatic rings. The Morgan fingerprint density at radius 2 is 1.91 bits per heavy atom. The predicted molar refractivity (Wildman–Crippen MR) is 125 cm³/mol. The lowest BCUT2D eigenvalue weighted by Gasteiger charge is -2.17. The first-order valence-corrected chi connectivity index (χ1v) is 11.6. The highest BCUT2D eigenvalue weighted by molar-refractivity contribution is 7.98. The molecule has 2 aromatic heterocycles. The van der Waals surface area contributed by atoms with E-state index in [2.05, 4.69) is 25.1 Å². The van der Waals surface area contributed by atoms with Crippen molar-refractivity contribution in [2.45, 2.75) is 44.3 Å². The van der Waals surface area contributed by atoms with Crippen molar-refractivity contribution in [3.05, 3.63) is 82.7 Å². The van der Waals surface area contributed by atoms with Crippen LogP contribution in [-0.2, 0) is 5.75 Å². The molecule has 0 aliphatic heterocycles. The van der Waals surface area contributed by atoms with E-state index < -0.39 is 12.7 Å². The first-order valence-electron chi connectivity index (χ1n) is 10.6. The van der Waals surface area contributed by atoms with Crippen molar-refractivity contribution in [2.75, 3.05) is 0 Å². The zero-order chi connectivity index (χ0) is 24.2. The maximum Gasteiger partial charge on any atom is 0.387 e. The van der Waals surface area contributed by atoms with Crippen LogP contribution >= 0.6 is 11.8 Å². The van der Waals surface area contributed by atoms with Crippen molar-refractivity contribution in [1.29, 1.82) is 0 Å². The van der Waals surface area contributed by atoms with Crippen LogP contribution in [0, 0.1) is 13.8 Å². The molecule has 2 heterocycles. The molecule has 7 nitrogen and oxygen atoms in total. The van der Waals surface area contributed by atoms with Gasteiger partial charge in [-0.2, -0.15) is 13.8 Å². The van der Waals surface area contributed by atoms with Gasteiger partial charge in [0.05, 0.1) is 6.04 Å². The third kappa shape index (κ3) is 5.51. The molecular weight excluding hydrogens is 460 g/mol. The van der Waals surface area contributed by atoms with E-state index >= 15 is 0 Å². The highest BCUT2D eigenvalue weighted by atomic mass is 32.2. The van der Waals surface area contributed by atoms with Gasteiger partial charge in [0.2, 0.25) is 5.16 Å². The van der Waals surface area contributed by atoms with Gasteiger partial charge in [-0.3, -0.25) is 4.79 Å². The molecule has 1 atom stereocenters. The Balaban J connectivity index is 1.46. The molecule has 176 valence electrons. The van der Waals surface area contributed by atoms with Crippen LogP contribution in [0.15, 0.2) is 59.8 Å². The van der Waals surface area contributed by atoms with Gasteiger partial charge in [0, 0.05) is 22.7 Å². The number of thioether (sulfide) groups is 1. The van der Waals surface area contributed by atoms with E-state index in [0.717, 1.165) is 17.0 Å². The molecule has 0 bridgehead atoms. The number of nitrogens with zero attached hydrogens (tertiary/aromatic N) is 4. The highest BCUT2D eigenvalue weighted by Crippen LogP contribution is 2.24. The number of hydrogen-bond donors (Lipinski definition) is 1. The number of aryl methyl sites for hydroxylation is 2. The van der Waals surface area contributed by atoms with Crippen LogP contribution in [0.25, 0.3) is 5.78 Å². The fraction of sp³-hybridized carbons (Fsp3) is 0.250. The number of ether oxygens (including phenoxy) is 1. The Labute approximate surface area is 199 Å². The zero-order valence-electron chi connectivity index (χ0n) is 18.8. The molecule has 0 saturated carbocycles. The topological polar surface area (TPSA) is 81.4 Å². The van der Waals surface area contributed by atoms with Gasteiger partial charge in [-0.15, -0.1) is 5.10 Å². The summed E-state index contributed by atoms with van der Waals surface area (Å²) in [7, 11) is 0. The second-order valence-corrected chi connectivity index (χ2v) is 8.68. The molecule has 0 fully saturated rings. The first-order chi connectivity index (χ1) is 16.3. The van der Waals surface area contributed by atoms with Crippen molar-refractivity contribution in [1.82, 2.24) is 24.9 Å². The number of carbonyl (C=O) groups is 1. The number of aromatic nitrogens is 4. The SMILES string of the molecule is Cc1cc(C)n2nc(SCc3ccccc3C(=O)NC(C)c3cccc(OC(F)F)c3)nc2n1. The van der Waals surface area contributed by atoms with Gasteiger partial charge in [0.1, 0.15) is 5.75 Å². The summed E-state index contributed by atoms with van der Waals surface area (Å²) < 4.78 is 31.2. The van der Waals surface area contributed by atoms with E-state index in [4.69, 9.17) is 0 Å². The van der Waals surface area contributed by atoms with E-state index in [1.165, 1.54) is 23.9 Å². The monoisotopic (exact) mass is 483 g/mol. The second kappa shape index (κ2) is 10.2. The molecule has 2 aromatic carbocycles. The number of carbonyl (C=O) groups excluding carboxylic acids is 1. The zero-order valence-corrected chi connectivity index (χ0v) is 19.6. The van der Waals surface area contributed by atoms with Gasteiger partial charge in [0.15, 0.2) is 0 Å². The number of rotatable bonds is 8. The fourth-order valence-electron chi connectivity index (χ4n) is 3.54. The molecule has 1 N–H and O–H groups in total. The summed E-state index contributed by atoms with van der Waals surface area (Å²) in [5.74, 6) is 0.813. The molecule has 4 aromatic rings. The molecule has 10 heteroatoms. The summed E-state index contributed by atoms with van der Waals surface area (Å²) in [6, 6.07) is 15.1. The highest BCUT2D eigenvalue weighted by Gasteiger charge is 2.17. The molecule has 1 unspecified atom stereocenters. The summed E-state index contributed by atoms with van der Waals surface area (Å²) in [5.41, 5.74) is 3.82. The van der Waals surface area contributed by atoms with Crippen LogP contribution < -0.4 is 10.1 Å². The molecular formula is C24H23F2N5O2S. The Morgan fingerprint density at radius 1 is 1.12 bits per heavy atom. The molecule has 34 heavy (non-hydrogen) atoms. The van der Waals surface area contributed by atoms with Crippen LogP contribution in [-0.4, -0.2) is 32.1 Å². The van der Waals surface area contributed by atoms with E-state index in [9.17, 15) is 13.6 Å². The maximum atomic E-state index is 13.0. The quantitative estimate of drug-likeness (QED) is 0.350. The Hall–Kier alpha value is -3.53. The van der Waals surface area contributed by atoms with Crippen LogP contribution in [0.1, 0.15) is 45.8 Å². The van der Waals surface area contributed by atoms with E-state index in [0.29, 0.717) is 27.8 Å². The molecule has 0 aliphatic carbocycles. The lowest BCUT2D eigenvalue weighted by molar-refractivity contribution is -0.0499. The number of alkyl halides is 2. The van der Waals surface area contributed by atoms with Crippen LogP contribution in [0.5, 0.6) is 5.75 Å². The fourth-order valence-corrected chi connectivity index (χ4v) is 4.36. The number of amides is 1. The van der Waals surface area contributed by atoms with Crippen molar-refractivity contribution in [2.24, 2.45) is 0 Å². The van der Waals surface area contributed by atoms with Crippen molar-refractivity contribution < 1.29 is 18.3 Å². The number of benzene rings is 2. The third-order valence-corrected chi connectivity index (χ3v) is 6.03. The Morgan fingerprint density at radius 3 is 2.71 bits per heavy atom. The lowest BCUT2D eigenvalue weighted by atomic mass is 10.1. The molecule has 4 rings (SSSR count). The van der Waals surface area contributed by atoms with Gasteiger partial charge in [-0.1, -0.05) is 42.1 Å². The molecule has 0 spiro atoms. The smallest absolute Gasteiger partial charge is 0.387 e. The number of hydrogen-bond acceptors (Lipinski definition) is 6. The summed E-state index contributed by atoms with van der Waals surface area (Å²) in [6.45, 7) is 2.73. The van der Waals surface area contributed by atoms with Gasteiger partial charge in [0.25, 0.3) is 11.7 Å². The summed E-state index contributed by atoms with van der Waals surface area (Å²) >= 11 is 1.42. The van der Waals surface area contributed by atoms with Gasteiger partial charge >= 0.3 is 6.61 Å². The first kappa shape index (κ1) is 23.6. The van der Waals surface area contributed by atoms with Gasteiger partial charge in [-0.05, 0) is 56.2 Å². The van der Waals surface area contributed by atoms with Gasteiger partial charge in [-0.25, -0.2) is 9.50 Å². The van der Waals surface area contributed by atoms with Crippen LogP contribution in [0.3, 0.4) is 0 Å². The molecule has 0 radical (unpaired) electrons. The number of nitrogens with one attached hydrogen (secondary N) is 1. The predicted octanol–water partition coefficient (Wildman–Crippen LogP) is 5.13. The minimum absolute atomic E-state index is 0.0465. The van der Waals surface area contributed by atoms with Crippen molar-refractivity contribution in [3.8, 4) is 5.75 Å². The second-order valence-electron chi connectivity index (χ2n) is 7.74. The maximum absolute atomic E-state index is 13.0. The average Bonchev–Trinajstić information content (AvgIpc) is 3.21. The summed E-state index contributed by atoms with van der Waals surface area (Å²) in [4.78, 5) is 21.9. The van der Waals surface area contributed by atoms with Crippen LogP contribution in [0.4, 0.5) is 8.78 Å². The van der Waals surface area contributed by atoms with Crippen molar-refractivity contribution >= 4 is 23.4 Å². The van der Waals surface area contributed by atoms with E-state index in [1.807, 2.05) is 32.0 Å². The minimum Gasteiger partial charge on any atom is -0.435 e. The van der Waals surface area contributed by atoms with Crippen LogP contribution in [0.2, 0.25) is 0 Å². The molecule has 0 saturated heterocycles. The largest absolute Gasteiger partial charge is 0.435 e. The Bertz CT molecular complexity index is 1330. The summed E-state index contributed by atoms with van der Waals surface area (Å²) in [6.07, 6.45) is 0. The third-order valence-electron chi connectivity index (χ3n) is 5.15. The average molecular weight is 484 g/mol. The lowest BCUT2D eigenvalue weighted by Crippen LogP contribution is -2.27. The summed E-state index contributed by atoms with van der Waals surface area (Å²) in [5, 5.41) is 8.00.